The second-order valence-electron chi connectivity index (χ2n) is 1.48. The summed E-state index contributed by atoms with van der Waals surface area (Å²) in [6, 6.07) is 0. The molecule has 2 nitrogen and oxygen atoms in total. The second-order valence-corrected chi connectivity index (χ2v) is 1.67. The van der Waals surface area contributed by atoms with Gasteiger partial charge in [0, 0.05) is 7.11 Å². The van der Waals surface area contributed by atoms with Crippen LogP contribution in [0.5, 0.6) is 0 Å². The SMILES string of the molecule is COC(C)COC=S. The summed E-state index contributed by atoms with van der Waals surface area (Å²) in [7, 11) is 1.64. The Balaban J connectivity index is 2.97. The fraction of sp³-hybridized carbons (Fsp3) is 0.800. The van der Waals surface area contributed by atoms with Crippen LogP contribution < -0.4 is 0 Å². The van der Waals surface area contributed by atoms with Crippen LogP contribution in [0.1, 0.15) is 6.92 Å². The third-order valence-corrected chi connectivity index (χ3v) is 0.937. The Hall–Kier alpha value is -0.150. The molecule has 0 aliphatic carbocycles. The molecule has 0 N–H and O–H groups in total. The van der Waals surface area contributed by atoms with E-state index in [-0.39, 0.29) is 6.10 Å². The van der Waals surface area contributed by atoms with Crippen LogP contribution in [0.4, 0.5) is 0 Å². The molecule has 0 saturated heterocycles. The summed E-state index contributed by atoms with van der Waals surface area (Å²) in [4.78, 5) is 0. The van der Waals surface area contributed by atoms with E-state index in [1.807, 2.05) is 6.92 Å². The lowest BCUT2D eigenvalue weighted by Crippen LogP contribution is -2.12. The molecule has 0 spiro atoms. The van der Waals surface area contributed by atoms with Crippen molar-refractivity contribution in [3.05, 3.63) is 0 Å². The van der Waals surface area contributed by atoms with Gasteiger partial charge in [0.15, 0.2) is 0 Å². The first kappa shape index (κ1) is 7.85. The van der Waals surface area contributed by atoms with Crippen molar-refractivity contribution in [2.24, 2.45) is 0 Å². The fourth-order valence-corrected chi connectivity index (χ4v) is 0.321. The maximum absolute atomic E-state index is 4.86. The molecule has 0 heterocycles. The smallest absolute Gasteiger partial charge is 0.146 e. The molecule has 0 saturated carbocycles. The molecular weight excluding hydrogens is 124 g/mol. The van der Waals surface area contributed by atoms with Crippen LogP contribution in [0.2, 0.25) is 0 Å². The first-order valence-electron chi connectivity index (χ1n) is 2.39. The molecule has 0 radical (unpaired) electrons. The average Bonchev–Trinajstić information content (AvgIpc) is 1.83. The second kappa shape index (κ2) is 5.00. The molecule has 0 fully saturated rings. The van der Waals surface area contributed by atoms with Crippen LogP contribution >= 0.6 is 12.2 Å². The number of hydrogen-bond donors (Lipinski definition) is 0. The van der Waals surface area contributed by atoms with E-state index >= 15 is 0 Å². The minimum Gasteiger partial charge on any atom is -0.487 e. The van der Waals surface area contributed by atoms with Gasteiger partial charge < -0.3 is 9.47 Å². The van der Waals surface area contributed by atoms with E-state index < -0.39 is 0 Å². The van der Waals surface area contributed by atoms with Crippen molar-refractivity contribution in [1.82, 2.24) is 0 Å². The van der Waals surface area contributed by atoms with Gasteiger partial charge >= 0.3 is 0 Å². The van der Waals surface area contributed by atoms with Crippen molar-refractivity contribution in [3.8, 4) is 0 Å². The third kappa shape index (κ3) is 4.02. The number of rotatable bonds is 4. The van der Waals surface area contributed by atoms with Crippen LogP contribution in [-0.4, -0.2) is 25.4 Å². The molecule has 0 aliphatic rings. The lowest BCUT2D eigenvalue weighted by molar-refractivity contribution is 0.0712. The minimum absolute atomic E-state index is 0.134. The van der Waals surface area contributed by atoms with Gasteiger partial charge in [0.2, 0.25) is 0 Å². The zero-order valence-electron chi connectivity index (χ0n) is 5.09. The maximum Gasteiger partial charge on any atom is 0.146 e. The highest BCUT2D eigenvalue weighted by molar-refractivity contribution is 7.78. The van der Waals surface area contributed by atoms with Gasteiger partial charge in [-0.3, -0.25) is 0 Å². The number of methoxy groups -OCH3 is 1. The summed E-state index contributed by atoms with van der Waals surface area (Å²) in [6.45, 7) is 2.46. The molecule has 0 bridgehead atoms. The van der Waals surface area contributed by atoms with E-state index in [1.165, 1.54) is 5.55 Å². The third-order valence-electron chi connectivity index (χ3n) is 0.801. The molecule has 0 rings (SSSR count). The Labute approximate surface area is 54.8 Å². The zero-order valence-corrected chi connectivity index (χ0v) is 5.90. The number of hydrogen-bond acceptors (Lipinski definition) is 3. The summed E-state index contributed by atoms with van der Waals surface area (Å²) >= 11 is 4.42. The Morgan fingerprint density at radius 2 is 2.38 bits per heavy atom. The van der Waals surface area contributed by atoms with Crippen molar-refractivity contribution in [2.75, 3.05) is 13.7 Å². The lowest BCUT2D eigenvalue weighted by Gasteiger charge is -2.06. The predicted molar refractivity (Wildman–Crippen MR) is 36.1 cm³/mol. The fourth-order valence-electron chi connectivity index (χ4n) is 0.243. The minimum atomic E-state index is 0.134. The van der Waals surface area contributed by atoms with Crippen LogP contribution in [0.3, 0.4) is 0 Å². The normalized spacial score (nSPS) is 12.8. The molecule has 8 heavy (non-hydrogen) atoms. The van der Waals surface area contributed by atoms with Crippen molar-refractivity contribution in [2.45, 2.75) is 13.0 Å². The molecular formula is C5H10O2S. The molecule has 1 unspecified atom stereocenters. The maximum atomic E-state index is 4.86. The van der Waals surface area contributed by atoms with Gasteiger partial charge in [-0.05, 0) is 19.1 Å². The van der Waals surface area contributed by atoms with Gasteiger partial charge in [-0.1, -0.05) is 0 Å². The summed E-state index contributed by atoms with van der Waals surface area (Å²) < 4.78 is 9.61. The van der Waals surface area contributed by atoms with Crippen LogP contribution in [0.15, 0.2) is 0 Å². The van der Waals surface area contributed by atoms with Crippen LogP contribution in [0.25, 0.3) is 0 Å². The van der Waals surface area contributed by atoms with Gasteiger partial charge in [-0.2, -0.15) is 0 Å². The van der Waals surface area contributed by atoms with Crippen molar-refractivity contribution >= 4 is 17.8 Å². The van der Waals surface area contributed by atoms with Crippen molar-refractivity contribution in [1.29, 1.82) is 0 Å². The van der Waals surface area contributed by atoms with Gasteiger partial charge in [0.1, 0.15) is 12.2 Å². The van der Waals surface area contributed by atoms with Crippen LogP contribution in [-0.2, 0) is 9.47 Å². The van der Waals surface area contributed by atoms with E-state index in [0.717, 1.165) is 0 Å². The Morgan fingerprint density at radius 1 is 1.75 bits per heavy atom. The largest absolute Gasteiger partial charge is 0.487 e. The highest BCUT2D eigenvalue weighted by atomic mass is 32.1. The molecule has 0 amide bonds. The Kier molecular flexibility index (Phi) is 4.90. The first-order valence-corrected chi connectivity index (χ1v) is 2.86. The van der Waals surface area contributed by atoms with Crippen molar-refractivity contribution in [3.63, 3.8) is 0 Å². The lowest BCUT2D eigenvalue weighted by atomic mass is 10.4. The molecule has 48 valence electrons. The van der Waals surface area contributed by atoms with Gasteiger partial charge in [-0.25, -0.2) is 0 Å². The Bertz CT molecular complexity index is 65.4. The summed E-state index contributed by atoms with van der Waals surface area (Å²) in [5.74, 6) is 0. The van der Waals surface area contributed by atoms with E-state index in [1.54, 1.807) is 7.11 Å². The Morgan fingerprint density at radius 3 is 2.75 bits per heavy atom. The van der Waals surface area contributed by atoms with E-state index in [2.05, 4.69) is 12.2 Å². The predicted octanol–water partition coefficient (Wildman–Crippen LogP) is 0.995. The summed E-state index contributed by atoms with van der Waals surface area (Å²) in [5, 5.41) is 0. The number of ether oxygens (including phenoxy) is 2. The standard InChI is InChI=1S/C5H10O2S/c1-5(6-2)3-7-4-8/h4-5H,3H2,1-2H3. The molecule has 1 atom stereocenters. The zero-order chi connectivity index (χ0) is 6.41. The van der Waals surface area contributed by atoms with Gasteiger partial charge in [0.05, 0.1) is 6.10 Å². The molecule has 0 aliphatic heterocycles. The highest BCUT2D eigenvalue weighted by Gasteiger charge is 1.94. The van der Waals surface area contributed by atoms with E-state index in [0.29, 0.717) is 6.61 Å². The van der Waals surface area contributed by atoms with E-state index in [9.17, 15) is 0 Å². The summed E-state index contributed by atoms with van der Waals surface area (Å²) in [6.07, 6.45) is 0.134. The average molecular weight is 134 g/mol. The molecule has 0 aromatic heterocycles. The molecule has 0 aromatic carbocycles. The topological polar surface area (TPSA) is 18.5 Å². The highest BCUT2D eigenvalue weighted by Crippen LogP contribution is 1.85. The van der Waals surface area contributed by atoms with Crippen LogP contribution in [0, 0.1) is 0 Å². The summed E-state index contributed by atoms with van der Waals surface area (Å²) in [5.41, 5.74) is 1.25. The quantitative estimate of drug-likeness (QED) is 0.534. The number of thiocarbonyl (C=S) groups is 1. The monoisotopic (exact) mass is 134 g/mol. The van der Waals surface area contributed by atoms with Gasteiger partial charge in [-0.15, -0.1) is 0 Å². The molecule has 0 aromatic rings. The van der Waals surface area contributed by atoms with Gasteiger partial charge in [0.25, 0.3) is 0 Å². The van der Waals surface area contributed by atoms with Crippen molar-refractivity contribution < 1.29 is 9.47 Å². The molecule has 3 heteroatoms. The van der Waals surface area contributed by atoms with E-state index in [4.69, 9.17) is 9.47 Å². The first-order chi connectivity index (χ1) is 3.81.